The summed E-state index contributed by atoms with van der Waals surface area (Å²) in [5, 5.41) is 37.4. The van der Waals surface area contributed by atoms with Crippen molar-refractivity contribution in [3.8, 4) is 5.75 Å². The molecule has 0 radical (unpaired) electrons. The number of hydrogen-bond donors (Lipinski definition) is 3. The second-order valence-electron chi connectivity index (χ2n) is 13.5. The molecular formula is C31H43NO8. The number of piperidine rings is 1. The summed E-state index contributed by atoms with van der Waals surface area (Å²) in [6.45, 7) is 4.09. The van der Waals surface area contributed by atoms with Crippen molar-refractivity contribution in [3.05, 3.63) is 29.8 Å². The number of aliphatic hydroxyl groups excluding tert-OH is 1. The molecule has 0 unspecified atom stereocenters. The maximum atomic E-state index is 13.4. The largest absolute Gasteiger partial charge is 0.497 e. The average Bonchev–Trinajstić information content (AvgIpc) is 3.37. The molecule has 5 aliphatic carbocycles. The van der Waals surface area contributed by atoms with E-state index in [0.717, 1.165) is 19.4 Å². The summed E-state index contributed by atoms with van der Waals surface area (Å²) < 4.78 is 23.6. The van der Waals surface area contributed by atoms with Gasteiger partial charge in [0.1, 0.15) is 11.9 Å². The lowest BCUT2D eigenvalue weighted by Gasteiger charge is -2.71. The van der Waals surface area contributed by atoms with Crippen LogP contribution in [0.15, 0.2) is 24.3 Å². The molecule has 12 atom stereocenters. The summed E-state index contributed by atoms with van der Waals surface area (Å²) in [5.41, 5.74) is -3.14. The van der Waals surface area contributed by atoms with E-state index in [1.165, 1.54) is 0 Å². The van der Waals surface area contributed by atoms with Gasteiger partial charge in [-0.1, -0.05) is 6.92 Å². The van der Waals surface area contributed by atoms with Crippen LogP contribution in [-0.2, 0) is 14.2 Å². The van der Waals surface area contributed by atoms with Gasteiger partial charge in [-0.2, -0.15) is 0 Å². The molecule has 1 heterocycles. The van der Waals surface area contributed by atoms with E-state index >= 15 is 0 Å². The standard InChI is InChI=1S/C31H43NO8/c1-5-32-15-28(16-37-2)11-10-23(39-4)31-20-12-19-22(33)14-29(35,21(26(31)32)13-30(28,31)36)24(20)25(19)40-27(34)17-6-8-18(38-3)9-7-17/h6-9,19-26,33,35-36H,5,10-16H2,1-4H3/t19-,20-,21+,22+,23+,24-,25+,26-,28+,29+,30+,31-/m1/s1. The highest BCUT2D eigenvalue weighted by atomic mass is 16.5. The molecule has 1 spiro atoms. The zero-order valence-corrected chi connectivity index (χ0v) is 23.9. The molecule has 9 nitrogen and oxygen atoms in total. The summed E-state index contributed by atoms with van der Waals surface area (Å²) in [6.07, 6.45) is 1.15. The molecule has 7 rings (SSSR count). The van der Waals surface area contributed by atoms with Gasteiger partial charge in [0.25, 0.3) is 0 Å². The molecule has 5 saturated carbocycles. The highest BCUT2D eigenvalue weighted by Gasteiger charge is 2.88. The van der Waals surface area contributed by atoms with Crippen LogP contribution in [0.3, 0.4) is 0 Å². The monoisotopic (exact) mass is 557 g/mol. The van der Waals surface area contributed by atoms with Crippen LogP contribution in [0.5, 0.6) is 5.75 Å². The number of methoxy groups -OCH3 is 3. The Morgan fingerprint density at radius 3 is 2.50 bits per heavy atom. The van der Waals surface area contributed by atoms with E-state index in [9.17, 15) is 20.1 Å². The first-order valence-electron chi connectivity index (χ1n) is 14.9. The van der Waals surface area contributed by atoms with Gasteiger partial charge in [0.15, 0.2) is 0 Å². The van der Waals surface area contributed by atoms with Crippen LogP contribution in [0.4, 0.5) is 0 Å². The lowest BCUT2D eigenvalue weighted by atomic mass is 9.41. The third-order valence-corrected chi connectivity index (χ3v) is 12.6. The third kappa shape index (κ3) is 2.97. The third-order valence-electron chi connectivity index (χ3n) is 12.6. The van der Waals surface area contributed by atoms with Gasteiger partial charge in [0.05, 0.1) is 42.7 Å². The first-order chi connectivity index (χ1) is 19.2. The normalized spacial score (nSPS) is 50.1. The quantitative estimate of drug-likeness (QED) is 0.432. The Labute approximate surface area is 235 Å². The number of carbonyl (C=O) groups excluding carboxylic acids is 1. The van der Waals surface area contributed by atoms with Crippen LogP contribution in [0.2, 0.25) is 0 Å². The molecule has 1 aromatic rings. The van der Waals surface area contributed by atoms with Gasteiger partial charge in [0.2, 0.25) is 0 Å². The Morgan fingerprint density at radius 1 is 1.10 bits per heavy atom. The van der Waals surface area contributed by atoms with E-state index in [0.29, 0.717) is 37.3 Å². The van der Waals surface area contributed by atoms with Crippen LogP contribution in [0.25, 0.3) is 0 Å². The van der Waals surface area contributed by atoms with Gasteiger partial charge in [-0.05, 0) is 62.4 Å². The van der Waals surface area contributed by atoms with Crippen molar-refractivity contribution in [1.82, 2.24) is 4.90 Å². The molecule has 1 saturated heterocycles. The molecule has 6 fully saturated rings. The average molecular weight is 558 g/mol. The minimum Gasteiger partial charge on any atom is -0.497 e. The molecule has 9 heteroatoms. The molecule has 220 valence electrons. The number of likely N-dealkylation sites (tertiary alicyclic amines) is 1. The number of rotatable bonds is 7. The predicted molar refractivity (Wildman–Crippen MR) is 144 cm³/mol. The first-order valence-corrected chi connectivity index (χ1v) is 14.9. The predicted octanol–water partition coefficient (Wildman–Crippen LogP) is 1.87. The Balaban J connectivity index is 1.36. The van der Waals surface area contributed by atoms with Gasteiger partial charge in [-0.25, -0.2) is 4.79 Å². The molecule has 0 amide bonds. The minimum atomic E-state index is -1.28. The second-order valence-corrected chi connectivity index (χ2v) is 13.5. The number of benzene rings is 1. The van der Waals surface area contributed by atoms with E-state index in [4.69, 9.17) is 18.9 Å². The van der Waals surface area contributed by atoms with Gasteiger partial charge in [-0.3, -0.25) is 4.90 Å². The van der Waals surface area contributed by atoms with E-state index in [1.807, 2.05) is 0 Å². The SMILES string of the molecule is CCN1C[C@]2(COC)CC[C@H](OC)[C@@]34[C@@H]5C[C@H]6[C@H](OC(=O)c7ccc(OC)cc7)[C@@H]5[C@](O)(C[C@@H]6O)[C@@H](C[C@]23O)[C@@H]14. The van der Waals surface area contributed by atoms with Gasteiger partial charge >= 0.3 is 5.97 Å². The van der Waals surface area contributed by atoms with Crippen molar-refractivity contribution in [2.75, 3.05) is 41.0 Å². The van der Waals surface area contributed by atoms with E-state index < -0.39 is 46.1 Å². The smallest absolute Gasteiger partial charge is 0.338 e. The molecule has 1 aromatic carbocycles. The number of aliphatic hydroxyl groups is 3. The number of esters is 1. The number of hydrogen-bond acceptors (Lipinski definition) is 9. The van der Waals surface area contributed by atoms with Crippen LogP contribution in [0.1, 0.15) is 49.4 Å². The number of ether oxygens (including phenoxy) is 4. The van der Waals surface area contributed by atoms with Crippen LogP contribution >= 0.6 is 0 Å². The fraction of sp³-hybridized carbons (Fsp3) is 0.774. The fourth-order valence-electron chi connectivity index (χ4n) is 11.4. The van der Waals surface area contributed by atoms with Crippen molar-refractivity contribution in [1.29, 1.82) is 0 Å². The molecule has 7 bridgehead atoms. The maximum Gasteiger partial charge on any atom is 0.338 e. The summed E-state index contributed by atoms with van der Waals surface area (Å²) in [5.74, 6) is -1.01. The zero-order chi connectivity index (χ0) is 28.2. The zero-order valence-electron chi connectivity index (χ0n) is 23.9. The van der Waals surface area contributed by atoms with Gasteiger partial charge in [-0.15, -0.1) is 0 Å². The van der Waals surface area contributed by atoms with Crippen LogP contribution in [0, 0.1) is 34.5 Å². The Kier molecular flexibility index (Phi) is 6.02. The highest BCUT2D eigenvalue weighted by molar-refractivity contribution is 5.89. The first kappa shape index (κ1) is 27.1. The van der Waals surface area contributed by atoms with Crippen molar-refractivity contribution in [2.24, 2.45) is 34.5 Å². The summed E-state index contributed by atoms with van der Waals surface area (Å²) >= 11 is 0. The number of fused-ring (bicyclic) bond motifs is 2. The molecule has 6 aliphatic rings. The van der Waals surface area contributed by atoms with Crippen molar-refractivity contribution in [2.45, 2.75) is 74.6 Å². The van der Waals surface area contributed by atoms with E-state index in [2.05, 4.69) is 11.8 Å². The molecular weight excluding hydrogens is 514 g/mol. The van der Waals surface area contributed by atoms with E-state index in [-0.39, 0.29) is 36.3 Å². The molecule has 0 aromatic heterocycles. The Hall–Kier alpha value is -1.75. The van der Waals surface area contributed by atoms with Crippen molar-refractivity contribution >= 4 is 5.97 Å². The molecule has 3 N–H and O–H groups in total. The van der Waals surface area contributed by atoms with Crippen molar-refractivity contribution < 1.29 is 39.1 Å². The fourth-order valence-corrected chi connectivity index (χ4v) is 11.4. The Morgan fingerprint density at radius 2 is 1.85 bits per heavy atom. The van der Waals surface area contributed by atoms with Crippen LogP contribution < -0.4 is 4.74 Å². The number of carbonyl (C=O) groups is 1. The number of nitrogens with zero attached hydrogens (tertiary/aromatic N) is 1. The highest BCUT2D eigenvalue weighted by Crippen LogP contribution is 2.80. The Bertz CT molecular complexity index is 1180. The lowest BCUT2D eigenvalue weighted by Crippen LogP contribution is -2.81. The lowest BCUT2D eigenvalue weighted by molar-refractivity contribution is -0.324. The van der Waals surface area contributed by atoms with Gasteiger partial charge < -0.3 is 34.3 Å². The molecule has 1 aliphatic heterocycles. The minimum absolute atomic E-state index is 0.0917. The topological polar surface area (TPSA) is 118 Å². The molecule has 40 heavy (non-hydrogen) atoms. The maximum absolute atomic E-state index is 13.4. The van der Waals surface area contributed by atoms with Crippen LogP contribution in [-0.4, -0.2) is 103 Å². The summed E-state index contributed by atoms with van der Waals surface area (Å²) in [4.78, 5) is 15.9. The second kappa shape index (κ2) is 8.88. The summed E-state index contributed by atoms with van der Waals surface area (Å²) in [6, 6.07) is 6.70. The summed E-state index contributed by atoms with van der Waals surface area (Å²) in [7, 11) is 5.02. The van der Waals surface area contributed by atoms with Gasteiger partial charge in [0, 0.05) is 61.8 Å². The van der Waals surface area contributed by atoms with E-state index in [1.54, 1.807) is 45.6 Å². The van der Waals surface area contributed by atoms with Crippen molar-refractivity contribution in [3.63, 3.8) is 0 Å².